The van der Waals surface area contributed by atoms with Crippen LogP contribution in [0.5, 0.6) is 0 Å². The van der Waals surface area contributed by atoms with E-state index in [-0.39, 0.29) is 5.82 Å². The normalized spacial score (nSPS) is 9.75. The summed E-state index contributed by atoms with van der Waals surface area (Å²) >= 11 is 1.42. The summed E-state index contributed by atoms with van der Waals surface area (Å²) in [6.45, 7) is 1.95. The highest BCUT2D eigenvalue weighted by Crippen LogP contribution is 2.12. The zero-order valence-electron chi connectivity index (χ0n) is 4.65. The van der Waals surface area contributed by atoms with Crippen molar-refractivity contribution in [3.63, 3.8) is 0 Å². The van der Waals surface area contributed by atoms with Crippen molar-refractivity contribution in [2.45, 2.75) is 13.3 Å². The van der Waals surface area contributed by atoms with Crippen LogP contribution in [0, 0.1) is 5.82 Å². The lowest BCUT2D eigenvalue weighted by atomic mass is 10.3. The summed E-state index contributed by atoms with van der Waals surface area (Å²) in [5.74, 6) is -0.0579. The number of hydrogen-bond donors (Lipinski definition) is 0. The van der Waals surface area contributed by atoms with Gasteiger partial charge in [0.05, 0.1) is 0 Å². The van der Waals surface area contributed by atoms with Crippen LogP contribution >= 0.6 is 11.3 Å². The molecule has 0 aromatic carbocycles. The Kier molecular flexibility index (Phi) is 1.63. The second kappa shape index (κ2) is 2.27. The van der Waals surface area contributed by atoms with Gasteiger partial charge in [0, 0.05) is 5.38 Å². The molecule has 1 aromatic heterocycles. The number of hydrogen-bond acceptors (Lipinski definition) is 1. The molecule has 0 saturated carbocycles. The fraction of sp³-hybridized carbons (Fsp3) is 0.333. The highest BCUT2D eigenvalue weighted by atomic mass is 32.1. The molecular weight excluding hydrogens is 123 g/mol. The zero-order valence-corrected chi connectivity index (χ0v) is 5.46. The maximum atomic E-state index is 12.4. The maximum Gasteiger partial charge on any atom is 0.137 e. The first-order valence-corrected chi connectivity index (χ1v) is 3.49. The van der Waals surface area contributed by atoms with Crippen molar-refractivity contribution in [2.75, 3.05) is 0 Å². The number of halogens is 1. The molecule has 0 spiro atoms. The number of thiophene rings is 1. The third-order valence-electron chi connectivity index (χ3n) is 1.07. The lowest BCUT2D eigenvalue weighted by molar-refractivity contribution is 0.618. The van der Waals surface area contributed by atoms with Gasteiger partial charge in [-0.1, -0.05) is 6.92 Å². The molecule has 0 aliphatic heterocycles. The molecule has 0 radical (unpaired) electrons. The second-order valence-corrected chi connectivity index (χ2v) is 2.34. The molecule has 0 aliphatic carbocycles. The molecule has 0 bridgehead atoms. The molecule has 1 rings (SSSR count). The number of rotatable bonds is 1. The van der Waals surface area contributed by atoms with Gasteiger partial charge in [0.15, 0.2) is 0 Å². The zero-order chi connectivity index (χ0) is 5.98. The topological polar surface area (TPSA) is 0 Å². The van der Waals surface area contributed by atoms with Crippen LogP contribution < -0.4 is 0 Å². The average Bonchev–Trinajstić information content (AvgIpc) is 2.14. The third kappa shape index (κ3) is 0.892. The molecule has 0 atom stereocenters. The van der Waals surface area contributed by atoms with Crippen LogP contribution in [0.4, 0.5) is 4.39 Å². The molecule has 2 heteroatoms. The van der Waals surface area contributed by atoms with Gasteiger partial charge in [-0.25, -0.2) is 4.39 Å². The quantitative estimate of drug-likeness (QED) is 0.547. The molecule has 0 nitrogen and oxygen atoms in total. The van der Waals surface area contributed by atoms with Crippen LogP contribution in [0.15, 0.2) is 10.8 Å². The summed E-state index contributed by atoms with van der Waals surface area (Å²) < 4.78 is 12.4. The van der Waals surface area contributed by atoms with Crippen molar-refractivity contribution in [1.82, 2.24) is 0 Å². The van der Waals surface area contributed by atoms with E-state index in [0.717, 1.165) is 12.0 Å². The van der Waals surface area contributed by atoms with Crippen molar-refractivity contribution < 1.29 is 4.39 Å². The van der Waals surface area contributed by atoms with Crippen LogP contribution in [0.3, 0.4) is 0 Å². The lowest BCUT2D eigenvalue weighted by Crippen LogP contribution is -1.76. The summed E-state index contributed by atoms with van der Waals surface area (Å²) in [4.78, 5) is 0. The van der Waals surface area contributed by atoms with Gasteiger partial charge in [-0.05, 0) is 17.4 Å². The molecule has 8 heavy (non-hydrogen) atoms. The van der Waals surface area contributed by atoms with Gasteiger partial charge in [0.1, 0.15) is 5.82 Å². The van der Waals surface area contributed by atoms with E-state index in [0.29, 0.717) is 0 Å². The van der Waals surface area contributed by atoms with Gasteiger partial charge in [0.25, 0.3) is 0 Å². The Morgan fingerprint density at radius 3 is 2.62 bits per heavy atom. The standard InChI is InChI=1S/C6H7FS/c1-2-5-3-8-4-6(5)7/h3-4H,2H2,1H3. The van der Waals surface area contributed by atoms with E-state index < -0.39 is 0 Å². The van der Waals surface area contributed by atoms with E-state index in [4.69, 9.17) is 0 Å². The largest absolute Gasteiger partial charge is 0.206 e. The molecule has 0 fully saturated rings. The van der Waals surface area contributed by atoms with Crippen molar-refractivity contribution >= 4 is 11.3 Å². The van der Waals surface area contributed by atoms with E-state index in [1.165, 1.54) is 16.7 Å². The highest BCUT2D eigenvalue weighted by molar-refractivity contribution is 7.08. The molecule has 0 amide bonds. The molecule has 0 saturated heterocycles. The molecular formula is C6H7FS. The third-order valence-corrected chi connectivity index (χ3v) is 1.83. The van der Waals surface area contributed by atoms with Crippen LogP contribution in [0.25, 0.3) is 0 Å². The Morgan fingerprint density at radius 2 is 2.38 bits per heavy atom. The minimum Gasteiger partial charge on any atom is -0.206 e. The fourth-order valence-electron chi connectivity index (χ4n) is 0.560. The second-order valence-electron chi connectivity index (χ2n) is 1.60. The van der Waals surface area contributed by atoms with Crippen LogP contribution in [0.2, 0.25) is 0 Å². The summed E-state index contributed by atoms with van der Waals surface area (Å²) in [6.07, 6.45) is 0.801. The molecule has 1 aromatic rings. The summed E-state index contributed by atoms with van der Waals surface area (Å²) in [7, 11) is 0. The van der Waals surface area contributed by atoms with E-state index in [1.54, 1.807) is 0 Å². The van der Waals surface area contributed by atoms with Gasteiger partial charge in [-0.15, -0.1) is 11.3 Å². The van der Waals surface area contributed by atoms with Crippen LogP contribution in [-0.4, -0.2) is 0 Å². The Morgan fingerprint density at radius 1 is 1.62 bits per heavy atom. The van der Waals surface area contributed by atoms with Gasteiger partial charge in [0.2, 0.25) is 0 Å². The SMILES string of the molecule is CCc1cscc1F. The van der Waals surface area contributed by atoms with Crippen molar-refractivity contribution in [1.29, 1.82) is 0 Å². The average molecular weight is 130 g/mol. The monoisotopic (exact) mass is 130 g/mol. The van der Waals surface area contributed by atoms with E-state index >= 15 is 0 Å². The number of aryl methyl sites for hydroxylation is 1. The molecule has 0 N–H and O–H groups in total. The Bertz CT molecular complexity index is 169. The van der Waals surface area contributed by atoms with Gasteiger partial charge < -0.3 is 0 Å². The predicted molar refractivity (Wildman–Crippen MR) is 33.7 cm³/mol. The van der Waals surface area contributed by atoms with E-state index in [1.807, 2.05) is 12.3 Å². The molecule has 1 heterocycles. The lowest BCUT2D eigenvalue weighted by Gasteiger charge is -1.84. The summed E-state index contributed by atoms with van der Waals surface area (Å²) in [6, 6.07) is 0. The van der Waals surface area contributed by atoms with Crippen molar-refractivity contribution in [3.05, 3.63) is 22.1 Å². The van der Waals surface area contributed by atoms with Crippen LogP contribution in [-0.2, 0) is 6.42 Å². The minimum atomic E-state index is -0.0579. The first-order valence-electron chi connectivity index (χ1n) is 2.55. The molecule has 0 unspecified atom stereocenters. The highest BCUT2D eigenvalue weighted by Gasteiger charge is 1.96. The molecule has 44 valence electrons. The van der Waals surface area contributed by atoms with E-state index in [2.05, 4.69) is 0 Å². The summed E-state index contributed by atoms with van der Waals surface area (Å²) in [5, 5.41) is 3.37. The Balaban J connectivity index is 2.92. The smallest absolute Gasteiger partial charge is 0.137 e. The molecule has 0 aliphatic rings. The minimum absolute atomic E-state index is 0.0579. The predicted octanol–water partition coefficient (Wildman–Crippen LogP) is 2.45. The Labute approximate surface area is 52.0 Å². The Hall–Kier alpha value is -0.370. The fourth-order valence-corrected chi connectivity index (χ4v) is 1.34. The van der Waals surface area contributed by atoms with Crippen molar-refractivity contribution in [3.8, 4) is 0 Å². The van der Waals surface area contributed by atoms with Gasteiger partial charge >= 0.3 is 0 Å². The van der Waals surface area contributed by atoms with E-state index in [9.17, 15) is 4.39 Å². The first-order chi connectivity index (χ1) is 3.84. The van der Waals surface area contributed by atoms with Crippen LogP contribution in [0.1, 0.15) is 12.5 Å². The van der Waals surface area contributed by atoms with Crippen molar-refractivity contribution in [2.24, 2.45) is 0 Å². The first kappa shape index (κ1) is 5.76. The maximum absolute atomic E-state index is 12.4. The van der Waals surface area contributed by atoms with Gasteiger partial charge in [-0.3, -0.25) is 0 Å². The summed E-state index contributed by atoms with van der Waals surface area (Å²) in [5.41, 5.74) is 0.829. The van der Waals surface area contributed by atoms with Gasteiger partial charge in [-0.2, -0.15) is 0 Å².